The molecule has 1 aliphatic carbocycles. The van der Waals surface area contributed by atoms with Crippen LogP contribution in [0.5, 0.6) is 0 Å². The molecule has 1 saturated carbocycles. The molecule has 1 unspecified atom stereocenters. The van der Waals surface area contributed by atoms with Gasteiger partial charge in [-0.3, -0.25) is 4.90 Å². The Kier molecular flexibility index (Phi) is 3.38. The Bertz CT molecular complexity index is 107. The van der Waals surface area contributed by atoms with E-state index in [1.165, 1.54) is 32.2 Å². The molecule has 0 radical (unpaired) electrons. The molecule has 1 atom stereocenters. The molecule has 1 fully saturated rings. The second-order valence-electron chi connectivity index (χ2n) is 3.73. The zero-order valence-electron chi connectivity index (χ0n) is 8.14. The van der Waals surface area contributed by atoms with Gasteiger partial charge in [0.15, 0.2) is 0 Å². The minimum absolute atomic E-state index is 0.808. The van der Waals surface area contributed by atoms with E-state index in [-0.39, 0.29) is 0 Å². The Morgan fingerprint density at radius 2 is 2.00 bits per heavy atom. The molecule has 1 rings (SSSR count). The molecule has 0 N–H and O–H groups in total. The normalized spacial score (nSPS) is 20.7. The van der Waals surface area contributed by atoms with E-state index in [9.17, 15) is 0 Å². The van der Waals surface area contributed by atoms with Crippen molar-refractivity contribution < 1.29 is 0 Å². The summed E-state index contributed by atoms with van der Waals surface area (Å²) >= 11 is 0. The Hall–Kier alpha value is -0.0400. The van der Waals surface area contributed by atoms with Crippen LogP contribution in [0.2, 0.25) is 0 Å². The van der Waals surface area contributed by atoms with Crippen molar-refractivity contribution in [3.8, 4) is 0 Å². The van der Waals surface area contributed by atoms with Crippen LogP contribution in [0.1, 0.15) is 46.5 Å². The first-order valence-corrected chi connectivity index (χ1v) is 5.05. The first-order chi connectivity index (χ1) is 5.29. The van der Waals surface area contributed by atoms with Gasteiger partial charge in [0.2, 0.25) is 0 Å². The van der Waals surface area contributed by atoms with Crippen LogP contribution in [-0.4, -0.2) is 23.5 Å². The van der Waals surface area contributed by atoms with Crippen LogP contribution in [-0.2, 0) is 0 Å². The standard InChI is InChI=1S/C10H21N/c1-4-8-11(9(3)5-2)10-6-7-10/h9-10H,4-8H2,1-3H3. The lowest BCUT2D eigenvalue weighted by atomic mass is 10.2. The quantitative estimate of drug-likeness (QED) is 0.590. The van der Waals surface area contributed by atoms with Gasteiger partial charge in [0.05, 0.1) is 0 Å². The number of nitrogens with zero attached hydrogens (tertiary/aromatic N) is 1. The fourth-order valence-corrected chi connectivity index (χ4v) is 1.66. The Balaban J connectivity index is 2.30. The van der Waals surface area contributed by atoms with Crippen LogP contribution < -0.4 is 0 Å². The monoisotopic (exact) mass is 155 g/mol. The SMILES string of the molecule is CCCN(C(C)CC)C1CC1. The van der Waals surface area contributed by atoms with Crippen LogP contribution in [0.3, 0.4) is 0 Å². The van der Waals surface area contributed by atoms with Crippen LogP contribution in [0, 0.1) is 0 Å². The van der Waals surface area contributed by atoms with Crippen LogP contribution in [0.15, 0.2) is 0 Å². The highest BCUT2D eigenvalue weighted by Gasteiger charge is 2.30. The summed E-state index contributed by atoms with van der Waals surface area (Å²) < 4.78 is 0. The van der Waals surface area contributed by atoms with Crippen molar-refractivity contribution in [2.45, 2.75) is 58.5 Å². The van der Waals surface area contributed by atoms with Crippen LogP contribution in [0.25, 0.3) is 0 Å². The number of hydrogen-bond donors (Lipinski definition) is 0. The van der Waals surface area contributed by atoms with Gasteiger partial charge < -0.3 is 0 Å². The van der Waals surface area contributed by atoms with Crippen molar-refractivity contribution in [2.24, 2.45) is 0 Å². The van der Waals surface area contributed by atoms with Crippen molar-refractivity contribution in [1.29, 1.82) is 0 Å². The topological polar surface area (TPSA) is 3.24 Å². The van der Waals surface area contributed by atoms with Gasteiger partial charge in [-0.25, -0.2) is 0 Å². The Morgan fingerprint density at radius 3 is 2.36 bits per heavy atom. The van der Waals surface area contributed by atoms with Crippen molar-refractivity contribution in [3.05, 3.63) is 0 Å². The molecule has 0 aliphatic heterocycles. The molecule has 0 saturated heterocycles. The molecule has 0 heterocycles. The summed E-state index contributed by atoms with van der Waals surface area (Å²) in [5, 5.41) is 0. The van der Waals surface area contributed by atoms with Gasteiger partial charge >= 0.3 is 0 Å². The van der Waals surface area contributed by atoms with Gasteiger partial charge in [0.1, 0.15) is 0 Å². The highest BCUT2D eigenvalue weighted by molar-refractivity contribution is 4.86. The summed E-state index contributed by atoms with van der Waals surface area (Å²) in [6, 6.07) is 1.76. The van der Waals surface area contributed by atoms with Crippen molar-refractivity contribution >= 4 is 0 Å². The second kappa shape index (κ2) is 4.10. The summed E-state index contributed by atoms with van der Waals surface area (Å²) in [5.41, 5.74) is 0. The number of rotatable bonds is 5. The van der Waals surface area contributed by atoms with Gasteiger partial charge in [-0.1, -0.05) is 13.8 Å². The molecule has 66 valence electrons. The maximum Gasteiger partial charge on any atom is 0.00992 e. The van der Waals surface area contributed by atoms with E-state index in [0.717, 1.165) is 12.1 Å². The second-order valence-corrected chi connectivity index (χ2v) is 3.73. The highest BCUT2D eigenvalue weighted by atomic mass is 15.2. The maximum atomic E-state index is 2.68. The van der Waals surface area contributed by atoms with E-state index < -0.39 is 0 Å². The molecule has 0 aromatic carbocycles. The Labute approximate surface area is 70.8 Å². The molecule has 0 bridgehead atoms. The zero-order valence-corrected chi connectivity index (χ0v) is 8.14. The minimum atomic E-state index is 0.808. The van der Waals surface area contributed by atoms with Crippen molar-refractivity contribution in [3.63, 3.8) is 0 Å². The van der Waals surface area contributed by atoms with Gasteiger partial charge in [-0.2, -0.15) is 0 Å². The summed E-state index contributed by atoms with van der Waals surface area (Å²) in [5.74, 6) is 0. The maximum absolute atomic E-state index is 2.68. The third kappa shape index (κ3) is 2.48. The van der Waals surface area contributed by atoms with Crippen LogP contribution in [0.4, 0.5) is 0 Å². The lowest BCUT2D eigenvalue weighted by Crippen LogP contribution is -2.35. The van der Waals surface area contributed by atoms with E-state index in [1.54, 1.807) is 0 Å². The first kappa shape index (κ1) is 9.05. The molecule has 11 heavy (non-hydrogen) atoms. The molecule has 1 nitrogen and oxygen atoms in total. The third-order valence-corrected chi connectivity index (χ3v) is 2.65. The fourth-order valence-electron chi connectivity index (χ4n) is 1.66. The fraction of sp³-hybridized carbons (Fsp3) is 1.00. The van der Waals surface area contributed by atoms with E-state index in [4.69, 9.17) is 0 Å². The third-order valence-electron chi connectivity index (χ3n) is 2.65. The lowest BCUT2D eigenvalue weighted by molar-refractivity contribution is 0.194. The summed E-state index contributed by atoms with van der Waals surface area (Å²) in [7, 11) is 0. The molecule has 0 spiro atoms. The van der Waals surface area contributed by atoms with E-state index in [2.05, 4.69) is 25.7 Å². The van der Waals surface area contributed by atoms with E-state index >= 15 is 0 Å². The molecule has 0 aromatic rings. The minimum Gasteiger partial charge on any atom is -0.298 e. The van der Waals surface area contributed by atoms with Gasteiger partial charge in [0.25, 0.3) is 0 Å². The lowest BCUT2D eigenvalue weighted by Gasteiger charge is -2.27. The molecular weight excluding hydrogens is 134 g/mol. The van der Waals surface area contributed by atoms with Crippen molar-refractivity contribution in [1.82, 2.24) is 4.90 Å². The van der Waals surface area contributed by atoms with E-state index in [0.29, 0.717) is 0 Å². The highest BCUT2D eigenvalue weighted by Crippen LogP contribution is 2.29. The van der Waals surface area contributed by atoms with Gasteiger partial charge in [0, 0.05) is 12.1 Å². The summed E-state index contributed by atoms with van der Waals surface area (Å²) in [6.45, 7) is 8.22. The van der Waals surface area contributed by atoms with Crippen LogP contribution >= 0.6 is 0 Å². The largest absolute Gasteiger partial charge is 0.298 e. The van der Waals surface area contributed by atoms with Crippen molar-refractivity contribution in [2.75, 3.05) is 6.54 Å². The molecule has 0 aromatic heterocycles. The zero-order chi connectivity index (χ0) is 8.27. The van der Waals surface area contributed by atoms with E-state index in [1.807, 2.05) is 0 Å². The Morgan fingerprint density at radius 1 is 1.36 bits per heavy atom. The van der Waals surface area contributed by atoms with Gasteiger partial charge in [-0.05, 0) is 39.2 Å². The predicted molar refractivity (Wildman–Crippen MR) is 49.8 cm³/mol. The average molecular weight is 155 g/mol. The molecular formula is C10H21N. The summed E-state index contributed by atoms with van der Waals surface area (Å²) in [4.78, 5) is 2.68. The van der Waals surface area contributed by atoms with Gasteiger partial charge in [-0.15, -0.1) is 0 Å². The number of hydrogen-bond acceptors (Lipinski definition) is 1. The smallest absolute Gasteiger partial charge is 0.00992 e. The molecule has 0 amide bonds. The molecule has 1 aliphatic rings. The first-order valence-electron chi connectivity index (χ1n) is 5.05. The average Bonchev–Trinajstić information content (AvgIpc) is 2.81. The predicted octanol–water partition coefficient (Wildman–Crippen LogP) is 2.66. The molecule has 1 heteroatoms. The summed E-state index contributed by atoms with van der Waals surface area (Å²) in [6.07, 6.45) is 5.51.